The number of para-hydroxylation sites is 1. The van der Waals surface area contributed by atoms with Gasteiger partial charge in [-0.15, -0.1) is 0 Å². The Morgan fingerprint density at radius 3 is 2.44 bits per heavy atom. The van der Waals surface area contributed by atoms with E-state index in [2.05, 4.69) is 10.1 Å². The Hall–Kier alpha value is -3.09. The molecule has 1 atom stereocenters. The highest BCUT2D eigenvalue weighted by Crippen LogP contribution is 2.29. The van der Waals surface area contributed by atoms with Crippen molar-refractivity contribution in [1.29, 1.82) is 0 Å². The first kappa shape index (κ1) is 18.3. The van der Waals surface area contributed by atoms with Crippen LogP contribution in [-0.4, -0.2) is 32.2 Å². The van der Waals surface area contributed by atoms with E-state index in [0.29, 0.717) is 0 Å². The second-order valence-corrected chi connectivity index (χ2v) is 5.09. The van der Waals surface area contributed by atoms with Crippen molar-refractivity contribution in [2.75, 3.05) is 19.5 Å². The molecule has 1 N–H and O–H groups in total. The van der Waals surface area contributed by atoms with Gasteiger partial charge in [-0.05, 0) is 37.3 Å². The zero-order valence-electron chi connectivity index (χ0n) is 14.0. The highest BCUT2D eigenvalue weighted by atomic mass is 19.1. The number of benzene rings is 2. The summed E-state index contributed by atoms with van der Waals surface area (Å²) >= 11 is 0. The zero-order valence-corrected chi connectivity index (χ0v) is 14.0. The van der Waals surface area contributed by atoms with Gasteiger partial charge in [-0.1, -0.05) is 12.1 Å². The van der Waals surface area contributed by atoms with Crippen molar-refractivity contribution in [1.82, 2.24) is 0 Å². The number of nitrogens with one attached hydrogen (secondary N) is 1. The monoisotopic (exact) mass is 347 g/mol. The van der Waals surface area contributed by atoms with E-state index in [4.69, 9.17) is 9.47 Å². The number of amides is 1. The molecule has 0 aliphatic heterocycles. The molecule has 2 aromatic carbocycles. The van der Waals surface area contributed by atoms with E-state index in [1.165, 1.54) is 57.5 Å². The van der Waals surface area contributed by atoms with E-state index in [1.54, 1.807) is 6.07 Å². The minimum atomic E-state index is -0.919. The molecular formula is C18H18FNO5. The third-order valence-corrected chi connectivity index (χ3v) is 3.39. The Kier molecular flexibility index (Phi) is 5.94. The average molecular weight is 347 g/mol. The number of rotatable bonds is 6. The molecule has 0 spiro atoms. The van der Waals surface area contributed by atoms with Crippen LogP contribution in [0.3, 0.4) is 0 Å². The van der Waals surface area contributed by atoms with Crippen LogP contribution in [0.5, 0.6) is 11.5 Å². The minimum Gasteiger partial charge on any atom is -0.493 e. The first-order chi connectivity index (χ1) is 12.0. The maximum absolute atomic E-state index is 13.6. The summed E-state index contributed by atoms with van der Waals surface area (Å²) in [5.74, 6) is -1.04. The van der Waals surface area contributed by atoms with Crippen molar-refractivity contribution < 1.29 is 28.2 Å². The molecule has 6 nitrogen and oxygen atoms in total. The fraction of sp³-hybridized carbons (Fsp3) is 0.222. The number of hydrogen-bond donors (Lipinski definition) is 1. The minimum absolute atomic E-state index is 0.0657. The molecule has 0 saturated heterocycles. The largest absolute Gasteiger partial charge is 0.493 e. The second-order valence-electron chi connectivity index (χ2n) is 5.09. The number of esters is 1. The summed E-state index contributed by atoms with van der Waals surface area (Å²) in [6.07, 6.45) is -0.919. The van der Waals surface area contributed by atoms with Gasteiger partial charge in [-0.3, -0.25) is 4.79 Å². The van der Waals surface area contributed by atoms with Crippen LogP contribution >= 0.6 is 0 Å². The molecule has 0 radical (unpaired) electrons. The summed E-state index contributed by atoms with van der Waals surface area (Å²) in [6, 6.07) is 10.3. The summed E-state index contributed by atoms with van der Waals surface area (Å²) in [4.78, 5) is 23.7. The van der Waals surface area contributed by atoms with Crippen LogP contribution in [0.1, 0.15) is 17.3 Å². The van der Waals surface area contributed by atoms with Gasteiger partial charge < -0.3 is 19.5 Å². The maximum atomic E-state index is 13.6. The van der Waals surface area contributed by atoms with E-state index < -0.39 is 23.8 Å². The van der Waals surface area contributed by atoms with Gasteiger partial charge in [0.05, 0.1) is 25.5 Å². The fourth-order valence-corrected chi connectivity index (χ4v) is 2.05. The summed E-state index contributed by atoms with van der Waals surface area (Å²) in [7, 11) is 2.68. The molecule has 0 aliphatic rings. The number of methoxy groups -OCH3 is 2. The first-order valence-corrected chi connectivity index (χ1v) is 7.44. The second kappa shape index (κ2) is 8.14. The summed E-state index contributed by atoms with van der Waals surface area (Å²) < 4.78 is 29.0. The highest BCUT2D eigenvalue weighted by molar-refractivity contribution is 5.94. The molecule has 0 unspecified atom stereocenters. The van der Waals surface area contributed by atoms with E-state index in [1.807, 2.05) is 0 Å². The standard InChI is InChI=1S/C18H18FNO5/c1-11(17(21)20-14-7-5-4-6-13(14)19)25-15-9-8-12(18(22)24-3)10-16(15)23-2/h4-11H,1-3H3,(H,20,21)/t11-/m0/s1. The van der Waals surface area contributed by atoms with Gasteiger partial charge in [0.2, 0.25) is 0 Å². The SMILES string of the molecule is COC(=O)c1ccc(O[C@@H](C)C(=O)Nc2ccccc2F)c(OC)c1. The molecule has 25 heavy (non-hydrogen) atoms. The van der Waals surface area contributed by atoms with Crippen molar-refractivity contribution in [3.05, 3.63) is 53.8 Å². The predicted octanol–water partition coefficient (Wildman–Crippen LogP) is 3.03. The molecule has 7 heteroatoms. The molecule has 1 amide bonds. The van der Waals surface area contributed by atoms with Crippen molar-refractivity contribution in [3.63, 3.8) is 0 Å². The number of halogens is 1. The normalized spacial score (nSPS) is 11.4. The quantitative estimate of drug-likeness (QED) is 0.813. The third-order valence-electron chi connectivity index (χ3n) is 3.39. The van der Waals surface area contributed by atoms with Crippen LogP contribution in [0.15, 0.2) is 42.5 Å². The van der Waals surface area contributed by atoms with Crippen LogP contribution in [0.25, 0.3) is 0 Å². The third kappa shape index (κ3) is 4.47. The summed E-state index contributed by atoms with van der Waals surface area (Å²) in [5.41, 5.74) is 0.353. The molecule has 0 fully saturated rings. The Labute approximate surface area is 144 Å². The van der Waals surface area contributed by atoms with E-state index in [9.17, 15) is 14.0 Å². The first-order valence-electron chi connectivity index (χ1n) is 7.44. The number of carbonyl (C=O) groups is 2. The molecule has 0 bridgehead atoms. The van der Waals surface area contributed by atoms with Crippen molar-refractivity contribution in [2.45, 2.75) is 13.0 Å². The van der Waals surface area contributed by atoms with Gasteiger partial charge >= 0.3 is 5.97 Å². The van der Waals surface area contributed by atoms with Gasteiger partial charge in [-0.2, -0.15) is 0 Å². The average Bonchev–Trinajstić information content (AvgIpc) is 2.63. The molecule has 0 aliphatic carbocycles. The van der Waals surface area contributed by atoms with Crippen LogP contribution in [0.2, 0.25) is 0 Å². The van der Waals surface area contributed by atoms with Gasteiger partial charge in [0.1, 0.15) is 5.82 Å². The zero-order chi connectivity index (χ0) is 18.4. The van der Waals surface area contributed by atoms with Gasteiger partial charge in [0, 0.05) is 0 Å². The highest BCUT2D eigenvalue weighted by Gasteiger charge is 2.19. The topological polar surface area (TPSA) is 73.9 Å². The molecule has 0 aromatic heterocycles. The fourth-order valence-electron chi connectivity index (χ4n) is 2.05. The van der Waals surface area contributed by atoms with Crippen molar-refractivity contribution in [2.24, 2.45) is 0 Å². The number of hydrogen-bond acceptors (Lipinski definition) is 5. The lowest BCUT2D eigenvalue weighted by molar-refractivity contribution is -0.122. The lowest BCUT2D eigenvalue weighted by Gasteiger charge is -2.17. The van der Waals surface area contributed by atoms with Crippen LogP contribution in [0, 0.1) is 5.82 Å². The number of anilines is 1. The molecular weight excluding hydrogens is 329 g/mol. The van der Waals surface area contributed by atoms with Crippen LogP contribution in [0.4, 0.5) is 10.1 Å². The Bertz CT molecular complexity index is 778. The van der Waals surface area contributed by atoms with Crippen LogP contribution < -0.4 is 14.8 Å². The summed E-state index contributed by atoms with van der Waals surface area (Å²) in [5, 5.41) is 2.45. The number of carbonyl (C=O) groups excluding carboxylic acids is 2. The maximum Gasteiger partial charge on any atom is 0.337 e. The molecule has 0 saturated carbocycles. The van der Waals surface area contributed by atoms with E-state index >= 15 is 0 Å². The lowest BCUT2D eigenvalue weighted by Crippen LogP contribution is -2.30. The van der Waals surface area contributed by atoms with Gasteiger partial charge in [-0.25, -0.2) is 9.18 Å². The summed E-state index contributed by atoms with van der Waals surface area (Å²) in [6.45, 7) is 1.52. The van der Waals surface area contributed by atoms with E-state index in [0.717, 1.165) is 0 Å². The van der Waals surface area contributed by atoms with Crippen molar-refractivity contribution in [3.8, 4) is 11.5 Å². The Balaban J connectivity index is 2.11. The van der Waals surface area contributed by atoms with Crippen LogP contribution in [-0.2, 0) is 9.53 Å². The molecule has 132 valence electrons. The predicted molar refractivity (Wildman–Crippen MR) is 89.5 cm³/mol. The number of ether oxygens (including phenoxy) is 3. The van der Waals surface area contributed by atoms with Crippen molar-refractivity contribution >= 4 is 17.6 Å². The van der Waals surface area contributed by atoms with Gasteiger partial charge in [0.15, 0.2) is 17.6 Å². The molecule has 0 heterocycles. The van der Waals surface area contributed by atoms with E-state index in [-0.39, 0.29) is 22.7 Å². The Morgan fingerprint density at radius 2 is 1.80 bits per heavy atom. The Morgan fingerprint density at radius 1 is 1.08 bits per heavy atom. The molecule has 2 rings (SSSR count). The van der Waals surface area contributed by atoms with Gasteiger partial charge in [0.25, 0.3) is 5.91 Å². The lowest BCUT2D eigenvalue weighted by atomic mass is 10.2. The smallest absolute Gasteiger partial charge is 0.337 e. The molecule has 2 aromatic rings.